The third kappa shape index (κ3) is 1.87. The molecule has 0 radical (unpaired) electrons. The van der Waals surface area contributed by atoms with Gasteiger partial charge in [0.15, 0.2) is 0 Å². The number of allylic oxidation sites excluding steroid dienone is 1. The van der Waals surface area contributed by atoms with Crippen LogP contribution in [-0.2, 0) is 0 Å². The van der Waals surface area contributed by atoms with Crippen molar-refractivity contribution < 1.29 is 0 Å². The van der Waals surface area contributed by atoms with E-state index in [1.807, 2.05) is 32.9 Å². The Hall–Kier alpha value is -1.18. The Morgan fingerprint density at radius 3 is 2.55 bits per heavy atom. The van der Waals surface area contributed by atoms with E-state index in [0.717, 1.165) is 17.1 Å². The molecule has 0 aliphatic heterocycles. The minimum absolute atomic E-state index is 0.926. The van der Waals surface area contributed by atoms with Gasteiger partial charge in [0.05, 0.1) is 23.3 Å². The van der Waals surface area contributed by atoms with E-state index < -0.39 is 0 Å². The van der Waals surface area contributed by atoms with Crippen molar-refractivity contribution in [1.82, 2.24) is 9.97 Å². The third-order valence-corrected chi connectivity index (χ3v) is 1.55. The number of nitrogens with zero attached hydrogens (tertiary/aromatic N) is 2. The van der Waals surface area contributed by atoms with Gasteiger partial charge < -0.3 is 0 Å². The van der Waals surface area contributed by atoms with E-state index in [0.29, 0.717) is 0 Å². The van der Waals surface area contributed by atoms with Crippen molar-refractivity contribution in [2.45, 2.75) is 20.8 Å². The highest BCUT2D eigenvalue weighted by molar-refractivity contribution is 5.42. The van der Waals surface area contributed by atoms with Gasteiger partial charge in [0.1, 0.15) is 0 Å². The normalized spacial score (nSPS) is 10.8. The number of hydrogen-bond acceptors (Lipinski definition) is 2. The molecule has 11 heavy (non-hydrogen) atoms. The Labute approximate surface area is 67.0 Å². The Morgan fingerprint density at radius 1 is 1.27 bits per heavy atom. The first-order valence-electron chi connectivity index (χ1n) is 3.67. The van der Waals surface area contributed by atoms with Gasteiger partial charge in [-0.25, -0.2) is 0 Å². The molecule has 0 amide bonds. The summed E-state index contributed by atoms with van der Waals surface area (Å²) in [6, 6.07) is 0. The lowest BCUT2D eigenvalue weighted by atomic mass is 10.3. The van der Waals surface area contributed by atoms with Gasteiger partial charge in [0, 0.05) is 0 Å². The molecule has 0 saturated heterocycles. The van der Waals surface area contributed by atoms with Crippen LogP contribution in [0.2, 0.25) is 0 Å². The quantitative estimate of drug-likeness (QED) is 0.609. The molecule has 1 heterocycles. The van der Waals surface area contributed by atoms with Crippen LogP contribution in [0.4, 0.5) is 0 Å². The molecule has 2 heteroatoms. The van der Waals surface area contributed by atoms with Gasteiger partial charge in [-0.1, -0.05) is 6.08 Å². The fourth-order valence-corrected chi connectivity index (χ4v) is 0.811. The van der Waals surface area contributed by atoms with E-state index in [1.165, 1.54) is 0 Å². The average molecular weight is 148 g/mol. The summed E-state index contributed by atoms with van der Waals surface area (Å²) in [4.78, 5) is 8.50. The van der Waals surface area contributed by atoms with Crippen LogP contribution < -0.4 is 0 Å². The van der Waals surface area contributed by atoms with Gasteiger partial charge in [0.25, 0.3) is 0 Å². The maximum absolute atomic E-state index is 4.31. The molecule has 0 N–H and O–H groups in total. The fourth-order valence-electron chi connectivity index (χ4n) is 0.811. The predicted molar refractivity (Wildman–Crippen MR) is 46.2 cm³/mol. The zero-order valence-corrected chi connectivity index (χ0v) is 7.13. The van der Waals surface area contributed by atoms with E-state index in [1.54, 1.807) is 6.20 Å². The zero-order valence-electron chi connectivity index (χ0n) is 7.13. The lowest BCUT2D eigenvalue weighted by Gasteiger charge is -1.97. The first kappa shape index (κ1) is 7.92. The van der Waals surface area contributed by atoms with Gasteiger partial charge >= 0.3 is 0 Å². The summed E-state index contributed by atoms with van der Waals surface area (Å²) in [5.74, 6) is 0. The molecule has 0 bridgehead atoms. The second kappa shape index (κ2) is 3.28. The number of aromatic nitrogens is 2. The van der Waals surface area contributed by atoms with E-state index in [-0.39, 0.29) is 0 Å². The molecule has 0 unspecified atom stereocenters. The SMILES string of the molecule is C/C=C/c1cnc(C)c(C)n1. The monoisotopic (exact) mass is 148 g/mol. The number of hydrogen-bond donors (Lipinski definition) is 0. The summed E-state index contributed by atoms with van der Waals surface area (Å²) >= 11 is 0. The van der Waals surface area contributed by atoms with Crippen molar-refractivity contribution in [3.63, 3.8) is 0 Å². The fraction of sp³-hybridized carbons (Fsp3) is 0.333. The van der Waals surface area contributed by atoms with Crippen molar-refractivity contribution in [2.75, 3.05) is 0 Å². The van der Waals surface area contributed by atoms with Crippen molar-refractivity contribution in [1.29, 1.82) is 0 Å². The maximum Gasteiger partial charge on any atom is 0.0813 e. The van der Waals surface area contributed by atoms with E-state index in [2.05, 4.69) is 9.97 Å². The Kier molecular flexibility index (Phi) is 2.36. The summed E-state index contributed by atoms with van der Waals surface area (Å²) < 4.78 is 0. The summed E-state index contributed by atoms with van der Waals surface area (Å²) in [5, 5.41) is 0. The molecule has 0 aliphatic carbocycles. The molecule has 0 spiro atoms. The molecule has 0 fully saturated rings. The van der Waals surface area contributed by atoms with E-state index in [9.17, 15) is 0 Å². The molecule has 58 valence electrons. The van der Waals surface area contributed by atoms with Crippen LogP contribution >= 0.6 is 0 Å². The molecule has 0 aromatic carbocycles. The van der Waals surface area contributed by atoms with Crippen molar-refractivity contribution in [2.24, 2.45) is 0 Å². The van der Waals surface area contributed by atoms with Crippen LogP contribution in [0, 0.1) is 13.8 Å². The zero-order chi connectivity index (χ0) is 8.27. The second-order valence-electron chi connectivity index (χ2n) is 2.47. The van der Waals surface area contributed by atoms with Crippen LogP contribution in [0.3, 0.4) is 0 Å². The summed E-state index contributed by atoms with van der Waals surface area (Å²) in [6.45, 7) is 5.90. The molecular weight excluding hydrogens is 136 g/mol. The van der Waals surface area contributed by atoms with Gasteiger partial charge in [-0.2, -0.15) is 0 Å². The lowest BCUT2D eigenvalue weighted by Crippen LogP contribution is -1.92. The molecule has 0 saturated carbocycles. The Morgan fingerprint density at radius 2 is 2.00 bits per heavy atom. The summed E-state index contributed by atoms with van der Waals surface area (Å²) in [7, 11) is 0. The smallest absolute Gasteiger partial charge is 0.0813 e. The van der Waals surface area contributed by atoms with E-state index >= 15 is 0 Å². The third-order valence-electron chi connectivity index (χ3n) is 1.55. The van der Waals surface area contributed by atoms with Crippen LogP contribution in [0.5, 0.6) is 0 Å². The standard InChI is InChI=1S/C9H12N2/c1-4-5-9-6-10-7(2)8(3)11-9/h4-6H,1-3H3/b5-4+. The minimum atomic E-state index is 0.926. The molecular formula is C9H12N2. The highest BCUT2D eigenvalue weighted by Crippen LogP contribution is 2.01. The Bertz CT molecular complexity index is 277. The average Bonchev–Trinajstić information content (AvgIpc) is 1.98. The maximum atomic E-state index is 4.31. The Balaban J connectivity index is 3.05. The van der Waals surface area contributed by atoms with E-state index in [4.69, 9.17) is 0 Å². The number of rotatable bonds is 1. The molecule has 2 nitrogen and oxygen atoms in total. The molecule has 0 aliphatic rings. The van der Waals surface area contributed by atoms with Crippen LogP contribution in [0.25, 0.3) is 6.08 Å². The summed E-state index contributed by atoms with van der Waals surface area (Å²) in [6.07, 6.45) is 5.68. The lowest BCUT2D eigenvalue weighted by molar-refractivity contribution is 1.03. The molecule has 1 aromatic heterocycles. The molecule has 0 atom stereocenters. The van der Waals surface area contributed by atoms with Crippen molar-refractivity contribution >= 4 is 6.08 Å². The highest BCUT2D eigenvalue weighted by atomic mass is 14.8. The first-order chi connectivity index (χ1) is 5.24. The second-order valence-corrected chi connectivity index (χ2v) is 2.47. The highest BCUT2D eigenvalue weighted by Gasteiger charge is 1.94. The van der Waals surface area contributed by atoms with Gasteiger partial charge in [0.2, 0.25) is 0 Å². The topological polar surface area (TPSA) is 25.8 Å². The van der Waals surface area contributed by atoms with Gasteiger partial charge in [-0.15, -0.1) is 0 Å². The van der Waals surface area contributed by atoms with Crippen molar-refractivity contribution in [3.05, 3.63) is 29.4 Å². The molecule has 1 aromatic rings. The first-order valence-corrected chi connectivity index (χ1v) is 3.67. The van der Waals surface area contributed by atoms with Crippen LogP contribution in [-0.4, -0.2) is 9.97 Å². The minimum Gasteiger partial charge on any atom is -0.257 e. The predicted octanol–water partition coefficient (Wildman–Crippen LogP) is 2.13. The summed E-state index contributed by atoms with van der Waals surface area (Å²) in [5.41, 5.74) is 2.93. The van der Waals surface area contributed by atoms with Crippen molar-refractivity contribution in [3.8, 4) is 0 Å². The van der Waals surface area contributed by atoms with Crippen LogP contribution in [0.15, 0.2) is 12.3 Å². The van der Waals surface area contributed by atoms with Gasteiger partial charge in [-0.05, 0) is 26.8 Å². The largest absolute Gasteiger partial charge is 0.257 e. The van der Waals surface area contributed by atoms with Crippen LogP contribution in [0.1, 0.15) is 24.0 Å². The van der Waals surface area contributed by atoms with Gasteiger partial charge in [-0.3, -0.25) is 9.97 Å². The molecule has 1 rings (SSSR count). The number of aryl methyl sites for hydroxylation is 2.